The number of rotatable bonds is 1. The lowest BCUT2D eigenvalue weighted by molar-refractivity contribution is 0.220. The molecule has 0 saturated carbocycles. The maximum Gasteiger partial charge on any atom is 0.328 e. The number of carbonyl (C=O) groups is 1. The molecule has 1 aliphatic heterocycles. The molecule has 0 aliphatic carbocycles. The van der Waals surface area contributed by atoms with Gasteiger partial charge in [0.05, 0.1) is 6.17 Å². The Labute approximate surface area is 79.6 Å². The summed E-state index contributed by atoms with van der Waals surface area (Å²) in [5, 5.41) is 2.56. The zero-order chi connectivity index (χ0) is 9.14. The van der Waals surface area contributed by atoms with Gasteiger partial charge >= 0.3 is 6.03 Å². The number of hydrogen-bond donors (Lipinski definition) is 2. The highest BCUT2D eigenvalue weighted by atomic mass is 35.5. The number of urea groups is 1. The van der Waals surface area contributed by atoms with Crippen LogP contribution in [0.4, 0.5) is 4.79 Å². The minimum Gasteiger partial charge on any atom is -0.319 e. The maximum absolute atomic E-state index is 11.1. The van der Waals surface area contributed by atoms with Crippen LogP contribution in [0.5, 0.6) is 0 Å². The average molecular weight is 208 g/mol. The van der Waals surface area contributed by atoms with Crippen molar-refractivity contribution in [2.24, 2.45) is 5.73 Å². The third kappa shape index (κ3) is 1.91. The van der Waals surface area contributed by atoms with Crippen molar-refractivity contribution in [3.05, 3.63) is 23.0 Å². The van der Waals surface area contributed by atoms with Gasteiger partial charge in [0.15, 0.2) is 0 Å². The SMILES string of the molecule is NC1C=CN(/C(Cl)=C\Cl)C(=O)N1. The van der Waals surface area contributed by atoms with Crippen LogP contribution in [0.25, 0.3) is 0 Å². The molecule has 12 heavy (non-hydrogen) atoms. The molecular weight excluding hydrogens is 201 g/mol. The smallest absolute Gasteiger partial charge is 0.319 e. The summed E-state index contributed by atoms with van der Waals surface area (Å²) in [6, 6.07) is -0.396. The quantitative estimate of drug-likeness (QED) is 0.633. The summed E-state index contributed by atoms with van der Waals surface area (Å²) in [6.45, 7) is 0. The molecule has 0 spiro atoms. The van der Waals surface area contributed by atoms with E-state index in [-0.39, 0.29) is 5.16 Å². The van der Waals surface area contributed by atoms with E-state index in [1.54, 1.807) is 6.08 Å². The summed E-state index contributed by atoms with van der Waals surface area (Å²) in [7, 11) is 0. The summed E-state index contributed by atoms with van der Waals surface area (Å²) < 4.78 is 0. The number of halogens is 2. The van der Waals surface area contributed by atoms with E-state index in [0.717, 1.165) is 10.4 Å². The molecule has 1 atom stereocenters. The molecule has 0 aromatic rings. The third-order valence-electron chi connectivity index (χ3n) is 1.27. The van der Waals surface area contributed by atoms with Crippen LogP contribution in [-0.4, -0.2) is 17.1 Å². The monoisotopic (exact) mass is 207 g/mol. The molecule has 0 fully saturated rings. The maximum atomic E-state index is 11.1. The van der Waals surface area contributed by atoms with E-state index in [0.29, 0.717) is 0 Å². The molecule has 1 rings (SSSR count). The summed E-state index contributed by atoms with van der Waals surface area (Å²) in [4.78, 5) is 12.3. The lowest BCUT2D eigenvalue weighted by Gasteiger charge is -2.24. The molecule has 1 unspecified atom stereocenters. The van der Waals surface area contributed by atoms with Gasteiger partial charge in [-0.3, -0.25) is 4.90 Å². The van der Waals surface area contributed by atoms with Gasteiger partial charge in [-0.05, 0) is 6.08 Å². The molecule has 66 valence electrons. The predicted octanol–water partition coefficient (Wildman–Crippen LogP) is 1.09. The van der Waals surface area contributed by atoms with Crippen molar-refractivity contribution in [3.63, 3.8) is 0 Å². The first-order chi connectivity index (χ1) is 5.65. The van der Waals surface area contributed by atoms with Crippen LogP contribution in [0.3, 0.4) is 0 Å². The fourth-order valence-corrected chi connectivity index (χ4v) is 0.966. The first-order valence-corrected chi connectivity index (χ1v) is 3.96. The largest absolute Gasteiger partial charge is 0.328 e. The zero-order valence-electron chi connectivity index (χ0n) is 6.00. The molecule has 6 heteroatoms. The highest BCUT2D eigenvalue weighted by Crippen LogP contribution is 2.13. The van der Waals surface area contributed by atoms with Gasteiger partial charge in [-0.2, -0.15) is 0 Å². The molecule has 0 aromatic heterocycles. The van der Waals surface area contributed by atoms with E-state index in [1.807, 2.05) is 0 Å². The van der Waals surface area contributed by atoms with Crippen molar-refractivity contribution in [1.82, 2.24) is 10.2 Å². The fraction of sp³-hybridized carbons (Fsp3) is 0.167. The standard InChI is InChI=1S/C6H7Cl2N3O/c7-3-4(8)11-2-1-5(9)10-6(11)12/h1-3,5H,9H2,(H,10,12)/b4-3-. The van der Waals surface area contributed by atoms with Crippen molar-refractivity contribution in [2.75, 3.05) is 0 Å². The molecule has 4 nitrogen and oxygen atoms in total. The Bertz CT molecular complexity index is 251. The number of nitrogens with zero attached hydrogens (tertiary/aromatic N) is 1. The van der Waals surface area contributed by atoms with Gasteiger partial charge in [-0.25, -0.2) is 4.79 Å². The van der Waals surface area contributed by atoms with Gasteiger partial charge in [-0.15, -0.1) is 0 Å². The van der Waals surface area contributed by atoms with Crippen molar-refractivity contribution in [3.8, 4) is 0 Å². The highest BCUT2D eigenvalue weighted by molar-refractivity contribution is 6.36. The van der Waals surface area contributed by atoms with E-state index in [2.05, 4.69) is 5.32 Å². The number of nitrogens with one attached hydrogen (secondary N) is 1. The van der Waals surface area contributed by atoms with Gasteiger partial charge in [0.1, 0.15) is 5.16 Å². The Balaban J connectivity index is 2.80. The van der Waals surface area contributed by atoms with Crippen LogP contribution in [0.2, 0.25) is 0 Å². The van der Waals surface area contributed by atoms with Crippen molar-refractivity contribution < 1.29 is 4.79 Å². The van der Waals surface area contributed by atoms with Crippen LogP contribution in [0, 0.1) is 0 Å². The molecule has 0 radical (unpaired) electrons. The van der Waals surface area contributed by atoms with Crippen LogP contribution in [0.15, 0.2) is 23.0 Å². The molecule has 2 amide bonds. The highest BCUT2D eigenvalue weighted by Gasteiger charge is 2.19. The zero-order valence-corrected chi connectivity index (χ0v) is 7.51. The second-order valence-corrected chi connectivity index (χ2v) is 2.72. The lowest BCUT2D eigenvalue weighted by Crippen LogP contribution is -2.48. The Morgan fingerprint density at radius 2 is 2.50 bits per heavy atom. The van der Waals surface area contributed by atoms with Crippen LogP contribution in [-0.2, 0) is 0 Å². The Morgan fingerprint density at radius 3 is 3.00 bits per heavy atom. The topological polar surface area (TPSA) is 58.4 Å². The molecule has 0 aromatic carbocycles. The molecule has 3 N–H and O–H groups in total. The average Bonchev–Trinajstić information content (AvgIpc) is 2.03. The molecule has 1 aliphatic rings. The van der Waals surface area contributed by atoms with Gasteiger partial charge < -0.3 is 11.1 Å². The minimum absolute atomic E-state index is 0.123. The number of nitrogens with two attached hydrogens (primary N) is 1. The molecule has 0 bridgehead atoms. The lowest BCUT2D eigenvalue weighted by atomic mass is 10.4. The van der Waals surface area contributed by atoms with Crippen molar-refractivity contribution >= 4 is 29.2 Å². The Kier molecular flexibility index (Phi) is 2.97. The summed E-state index contributed by atoms with van der Waals surface area (Å²) in [5.74, 6) is 0. The molecular formula is C6H7Cl2N3O. The number of hydrogen-bond acceptors (Lipinski definition) is 2. The van der Waals surface area contributed by atoms with Crippen molar-refractivity contribution in [1.29, 1.82) is 0 Å². The second kappa shape index (κ2) is 3.80. The van der Waals surface area contributed by atoms with Crippen LogP contribution >= 0.6 is 23.2 Å². The van der Waals surface area contributed by atoms with Crippen LogP contribution in [0.1, 0.15) is 0 Å². The first-order valence-electron chi connectivity index (χ1n) is 3.14. The molecule has 1 heterocycles. The predicted molar refractivity (Wildman–Crippen MR) is 47.3 cm³/mol. The number of carbonyl (C=O) groups excluding carboxylic acids is 1. The summed E-state index contributed by atoms with van der Waals surface area (Å²) in [6.07, 6.45) is 2.59. The van der Waals surface area contributed by atoms with E-state index in [4.69, 9.17) is 28.9 Å². The second-order valence-electron chi connectivity index (χ2n) is 2.12. The van der Waals surface area contributed by atoms with Gasteiger partial charge in [0, 0.05) is 11.7 Å². The molecule has 0 saturated heterocycles. The van der Waals surface area contributed by atoms with Gasteiger partial charge in [0.2, 0.25) is 0 Å². The van der Waals surface area contributed by atoms with E-state index >= 15 is 0 Å². The first kappa shape index (κ1) is 9.38. The van der Waals surface area contributed by atoms with Crippen LogP contribution < -0.4 is 11.1 Å². The minimum atomic E-state index is -0.464. The Morgan fingerprint density at radius 1 is 1.83 bits per heavy atom. The number of amides is 2. The normalized spacial score (nSPS) is 24.2. The Hall–Kier alpha value is -0.710. The summed E-state index contributed by atoms with van der Waals surface area (Å²) >= 11 is 10.9. The fourth-order valence-electron chi connectivity index (χ4n) is 0.728. The summed E-state index contributed by atoms with van der Waals surface area (Å²) in [5.41, 5.74) is 6.49. The van der Waals surface area contributed by atoms with Gasteiger partial charge in [-0.1, -0.05) is 23.2 Å². The van der Waals surface area contributed by atoms with Crippen molar-refractivity contribution in [2.45, 2.75) is 6.17 Å². The van der Waals surface area contributed by atoms with E-state index in [1.165, 1.54) is 6.20 Å². The van der Waals surface area contributed by atoms with Gasteiger partial charge in [0.25, 0.3) is 0 Å². The van der Waals surface area contributed by atoms with E-state index in [9.17, 15) is 4.79 Å². The van der Waals surface area contributed by atoms with E-state index < -0.39 is 12.2 Å². The third-order valence-corrected chi connectivity index (χ3v) is 1.88.